The van der Waals surface area contributed by atoms with Crippen LogP contribution in [-0.4, -0.2) is 47.3 Å². The third kappa shape index (κ3) is 6.02. The summed E-state index contributed by atoms with van der Waals surface area (Å²) in [5.41, 5.74) is 4.52. The minimum Gasteiger partial charge on any atom is -0.353 e. The lowest BCUT2D eigenvalue weighted by atomic mass is 9.96. The summed E-state index contributed by atoms with van der Waals surface area (Å²) in [7, 11) is 0.953. The number of sulfone groups is 1. The molecule has 4 aromatic rings. The summed E-state index contributed by atoms with van der Waals surface area (Å²) in [6.45, 7) is 0. The topological polar surface area (TPSA) is 105 Å². The molecule has 0 atom stereocenters. The van der Waals surface area contributed by atoms with E-state index in [1.165, 1.54) is 38.4 Å². The minimum absolute atomic E-state index is 0.0167. The van der Waals surface area contributed by atoms with Gasteiger partial charge in [0, 0.05) is 44.0 Å². The summed E-state index contributed by atoms with van der Waals surface area (Å²) in [4.78, 5) is 15.9. The molecule has 0 bridgehead atoms. The van der Waals surface area contributed by atoms with Gasteiger partial charge < -0.3 is 20.1 Å². The third-order valence-electron chi connectivity index (χ3n) is 6.81. The molecular weight excluding hydrogens is 486 g/mol. The van der Waals surface area contributed by atoms with Crippen molar-refractivity contribution < 1.29 is 8.42 Å². The summed E-state index contributed by atoms with van der Waals surface area (Å²) >= 11 is 0. The molecule has 37 heavy (non-hydrogen) atoms. The Morgan fingerprint density at radius 1 is 1.03 bits per heavy atom. The second kappa shape index (κ2) is 10.4. The van der Waals surface area contributed by atoms with Gasteiger partial charge >= 0.3 is 0 Å². The number of benzene rings is 2. The molecule has 2 aromatic heterocycles. The number of fused-ring (bicyclic) bond motifs is 1. The van der Waals surface area contributed by atoms with Crippen molar-refractivity contribution >= 4 is 50.0 Å². The highest BCUT2D eigenvalue weighted by Crippen LogP contribution is 2.29. The second-order valence-corrected chi connectivity index (χ2v) is 12.0. The Balaban J connectivity index is 1.31. The highest BCUT2D eigenvalue weighted by atomic mass is 32.2. The number of hydrogen-bond acceptors (Lipinski definition) is 8. The summed E-state index contributed by atoms with van der Waals surface area (Å²) in [6, 6.07) is 15.8. The maximum absolute atomic E-state index is 11.5. The van der Waals surface area contributed by atoms with Gasteiger partial charge in [-0.2, -0.15) is 4.98 Å². The van der Waals surface area contributed by atoms with Gasteiger partial charge in [-0.15, -0.1) is 0 Å². The van der Waals surface area contributed by atoms with Crippen LogP contribution in [0, 0.1) is 0 Å². The molecule has 1 fully saturated rings. The molecule has 1 saturated carbocycles. The molecule has 0 saturated heterocycles. The highest BCUT2D eigenvalue weighted by Gasteiger charge is 2.17. The Morgan fingerprint density at radius 2 is 1.78 bits per heavy atom. The lowest BCUT2D eigenvalue weighted by molar-refractivity contribution is 0.460. The van der Waals surface area contributed by atoms with Gasteiger partial charge in [-0.25, -0.2) is 18.4 Å². The van der Waals surface area contributed by atoms with Crippen molar-refractivity contribution in [1.82, 2.24) is 19.5 Å². The van der Waals surface area contributed by atoms with E-state index < -0.39 is 9.84 Å². The van der Waals surface area contributed by atoms with E-state index in [0.717, 1.165) is 39.7 Å². The maximum Gasteiger partial charge on any atom is 0.229 e. The molecule has 0 spiro atoms. The van der Waals surface area contributed by atoms with Crippen molar-refractivity contribution in [2.75, 3.05) is 28.8 Å². The van der Waals surface area contributed by atoms with Crippen LogP contribution in [0.4, 0.5) is 29.1 Å². The molecule has 2 N–H and O–H groups in total. The highest BCUT2D eigenvalue weighted by molar-refractivity contribution is 7.89. The molecule has 9 nitrogen and oxygen atoms in total. The number of aromatic nitrogens is 4. The number of aryl methyl sites for hydroxylation is 1. The first-order chi connectivity index (χ1) is 17.7. The molecule has 194 valence electrons. The summed E-state index contributed by atoms with van der Waals surface area (Å²) in [5, 5.41) is 6.84. The Bertz CT molecular complexity index is 1490. The Kier molecular flexibility index (Phi) is 7.01. The number of anilines is 5. The first-order valence-electron chi connectivity index (χ1n) is 12.6. The average Bonchev–Trinajstić information content (AvgIpc) is 3.19. The van der Waals surface area contributed by atoms with Crippen LogP contribution < -0.4 is 15.5 Å². The predicted octanol–water partition coefficient (Wildman–Crippen LogP) is 5.16. The van der Waals surface area contributed by atoms with Gasteiger partial charge in [0.05, 0.1) is 16.8 Å². The van der Waals surface area contributed by atoms with Crippen LogP contribution in [0.15, 0.2) is 54.7 Å². The third-order valence-corrected chi connectivity index (χ3v) is 7.67. The van der Waals surface area contributed by atoms with Crippen LogP contribution in [0.2, 0.25) is 0 Å². The number of rotatable bonds is 8. The molecular formula is C27H33N7O2S. The summed E-state index contributed by atoms with van der Waals surface area (Å²) in [5.74, 6) is 2.13. The number of nitrogens with zero attached hydrogens (tertiary/aromatic N) is 5. The van der Waals surface area contributed by atoms with E-state index >= 15 is 0 Å². The van der Waals surface area contributed by atoms with E-state index in [-0.39, 0.29) is 5.75 Å². The number of hydrogen-bond donors (Lipinski definition) is 2. The molecule has 2 heterocycles. The molecule has 0 unspecified atom stereocenters. The zero-order valence-electron chi connectivity index (χ0n) is 21.5. The molecule has 0 amide bonds. The van der Waals surface area contributed by atoms with Crippen molar-refractivity contribution in [2.45, 2.75) is 43.9 Å². The first kappa shape index (κ1) is 25.0. The van der Waals surface area contributed by atoms with Gasteiger partial charge in [0.15, 0.2) is 9.84 Å². The minimum atomic E-state index is -3.07. The summed E-state index contributed by atoms with van der Waals surface area (Å²) in [6.07, 6.45) is 9.23. The van der Waals surface area contributed by atoms with E-state index in [1.807, 2.05) is 30.1 Å². The van der Waals surface area contributed by atoms with E-state index in [2.05, 4.69) is 50.4 Å². The van der Waals surface area contributed by atoms with Crippen molar-refractivity contribution in [2.24, 2.45) is 7.05 Å². The van der Waals surface area contributed by atoms with Crippen LogP contribution in [0.5, 0.6) is 0 Å². The van der Waals surface area contributed by atoms with E-state index in [0.29, 0.717) is 12.0 Å². The zero-order valence-corrected chi connectivity index (χ0v) is 22.3. The molecule has 2 aromatic carbocycles. The van der Waals surface area contributed by atoms with Crippen LogP contribution in [0.1, 0.15) is 37.7 Å². The molecule has 5 rings (SSSR count). The SMILES string of the molecule is CN(c1ccc2c(c1)nc(NC1CCCCC1)n2C)c1ccnc(Nc2ccc(CS(C)(=O)=O)cc2)n1. The molecule has 1 aliphatic carbocycles. The predicted molar refractivity (Wildman–Crippen MR) is 150 cm³/mol. The van der Waals surface area contributed by atoms with Crippen LogP contribution >= 0.6 is 0 Å². The summed E-state index contributed by atoms with van der Waals surface area (Å²) < 4.78 is 25.2. The van der Waals surface area contributed by atoms with Gasteiger partial charge in [-0.3, -0.25) is 0 Å². The van der Waals surface area contributed by atoms with Gasteiger partial charge in [-0.05, 0) is 54.8 Å². The largest absolute Gasteiger partial charge is 0.353 e. The Morgan fingerprint density at radius 3 is 2.51 bits per heavy atom. The van der Waals surface area contributed by atoms with Crippen LogP contribution in [0.3, 0.4) is 0 Å². The first-order valence-corrected chi connectivity index (χ1v) is 14.6. The Hall–Kier alpha value is -3.66. The van der Waals surface area contributed by atoms with Crippen LogP contribution in [0.25, 0.3) is 11.0 Å². The van der Waals surface area contributed by atoms with Gasteiger partial charge in [-0.1, -0.05) is 31.4 Å². The molecule has 0 aliphatic heterocycles. The second-order valence-electron chi connectivity index (χ2n) is 9.84. The molecule has 1 aliphatic rings. The smallest absolute Gasteiger partial charge is 0.229 e. The van der Waals surface area contributed by atoms with E-state index in [4.69, 9.17) is 4.98 Å². The Labute approximate surface area is 217 Å². The van der Waals surface area contributed by atoms with E-state index in [1.54, 1.807) is 18.3 Å². The van der Waals surface area contributed by atoms with Crippen molar-refractivity contribution in [3.63, 3.8) is 0 Å². The fraction of sp³-hybridized carbons (Fsp3) is 0.370. The standard InChI is InChI=1S/C27H33N7O2S/c1-33(22-13-14-24-23(17-22)31-27(34(24)2)30-20-7-5-4-6-8-20)25-15-16-28-26(32-25)29-21-11-9-19(10-12-21)18-37(3,35)36/h9-17,20H,4-8,18H2,1-3H3,(H,30,31)(H,28,29,32). The van der Waals surface area contributed by atoms with Gasteiger partial charge in [0.25, 0.3) is 0 Å². The molecule has 0 radical (unpaired) electrons. The maximum atomic E-state index is 11.5. The van der Waals surface area contributed by atoms with Crippen LogP contribution in [-0.2, 0) is 22.6 Å². The fourth-order valence-electron chi connectivity index (χ4n) is 4.80. The quantitative estimate of drug-likeness (QED) is 0.329. The normalized spacial score (nSPS) is 14.6. The average molecular weight is 520 g/mol. The van der Waals surface area contributed by atoms with Crippen molar-refractivity contribution in [1.29, 1.82) is 0 Å². The lowest BCUT2D eigenvalue weighted by Crippen LogP contribution is -2.23. The zero-order chi connectivity index (χ0) is 26.0. The number of imidazole rings is 1. The van der Waals surface area contributed by atoms with Gasteiger partial charge in [0.2, 0.25) is 11.9 Å². The monoisotopic (exact) mass is 519 g/mol. The van der Waals surface area contributed by atoms with Crippen molar-refractivity contribution in [3.05, 3.63) is 60.3 Å². The lowest BCUT2D eigenvalue weighted by Gasteiger charge is -2.23. The van der Waals surface area contributed by atoms with Crippen molar-refractivity contribution in [3.8, 4) is 0 Å². The number of nitrogens with one attached hydrogen (secondary N) is 2. The van der Waals surface area contributed by atoms with E-state index in [9.17, 15) is 8.42 Å². The molecule has 10 heteroatoms. The van der Waals surface area contributed by atoms with Gasteiger partial charge in [0.1, 0.15) is 5.82 Å². The fourth-order valence-corrected chi connectivity index (χ4v) is 5.60.